The first-order chi connectivity index (χ1) is 8.61. The molecule has 7 heteroatoms. The van der Waals surface area contributed by atoms with E-state index in [0.717, 1.165) is 5.56 Å². The molecule has 0 saturated heterocycles. The number of nitrogens with one attached hydrogen (secondary N) is 2. The van der Waals surface area contributed by atoms with E-state index in [9.17, 15) is 9.59 Å². The first kappa shape index (κ1) is 12.1. The molecule has 7 nitrogen and oxygen atoms in total. The van der Waals surface area contributed by atoms with Gasteiger partial charge in [0.05, 0.1) is 6.54 Å². The van der Waals surface area contributed by atoms with E-state index in [-0.39, 0.29) is 12.1 Å². The average molecular weight is 247 g/mol. The van der Waals surface area contributed by atoms with E-state index in [1.165, 1.54) is 10.8 Å². The molecule has 0 spiro atoms. The number of aromatic amines is 1. The van der Waals surface area contributed by atoms with E-state index in [1.54, 1.807) is 25.3 Å². The molecule has 0 fully saturated rings. The summed E-state index contributed by atoms with van der Waals surface area (Å²) in [5.74, 6) is 5.83. The third kappa shape index (κ3) is 2.30. The van der Waals surface area contributed by atoms with Crippen LogP contribution in [-0.2, 0) is 6.54 Å². The number of aromatic nitrogens is 3. The molecule has 0 bridgehead atoms. The lowest BCUT2D eigenvalue weighted by molar-refractivity contribution is 0.712. The van der Waals surface area contributed by atoms with Crippen LogP contribution in [-0.4, -0.2) is 14.5 Å². The summed E-state index contributed by atoms with van der Waals surface area (Å²) in [6.45, 7) is 1.92. The van der Waals surface area contributed by atoms with Crippen LogP contribution >= 0.6 is 0 Å². The van der Waals surface area contributed by atoms with Crippen LogP contribution < -0.4 is 22.5 Å². The highest BCUT2D eigenvalue weighted by Gasteiger charge is 2.05. The molecule has 2 aromatic heterocycles. The number of hydrazine groups is 1. The number of hydrogen-bond donors (Lipinski definition) is 3. The van der Waals surface area contributed by atoms with E-state index in [4.69, 9.17) is 5.84 Å². The van der Waals surface area contributed by atoms with Crippen molar-refractivity contribution in [3.05, 3.63) is 56.5 Å². The summed E-state index contributed by atoms with van der Waals surface area (Å²) in [5, 5.41) is 0. The second kappa shape index (κ2) is 4.84. The van der Waals surface area contributed by atoms with Crippen LogP contribution in [0.4, 0.5) is 5.82 Å². The van der Waals surface area contributed by atoms with Crippen LogP contribution in [0, 0.1) is 6.92 Å². The first-order valence-electron chi connectivity index (χ1n) is 5.32. The molecule has 4 N–H and O–H groups in total. The molecule has 2 heterocycles. The summed E-state index contributed by atoms with van der Waals surface area (Å²) in [5.41, 5.74) is 2.86. The van der Waals surface area contributed by atoms with Crippen molar-refractivity contribution in [1.29, 1.82) is 0 Å². The summed E-state index contributed by atoms with van der Waals surface area (Å²) >= 11 is 0. The molecule has 94 valence electrons. The molecule has 0 atom stereocenters. The van der Waals surface area contributed by atoms with Crippen molar-refractivity contribution < 1.29 is 0 Å². The zero-order chi connectivity index (χ0) is 13.1. The number of pyridine rings is 1. The Balaban J connectivity index is 2.43. The van der Waals surface area contributed by atoms with Crippen LogP contribution in [0.3, 0.4) is 0 Å². The Kier molecular flexibility index (Phi) is 3.24. The Morgan fingerprint density at radius 1 is 1.50 bits per heavy atom. The fraction of sp³-hybridized carbons (Fsp3) is 0.182. The van der Waals surface area contributed by atoms with Crippen molar-refractivity contribution in [2.24, 2.45) is 5.84 Å². The van der Waals surface area contributed by atoms with Gasteiger partial charge in [0.1, 0.15) is 5.82 Å². The molecular formula is C11H13N5O2. The van der Waals surface area contributed by atoms with Crippen molar-refractivity contribution in [3.63, 3.8) is 0 Å². The Labute approximate surface area is 102 Å². The van der Waals surface area contributed by atoms with Gasteiger partial charge in [-0.25, -0.2) is 15.6 Å². The summed E-state index contributed by atoms with van der Waals surface area (Å²) in [6, 6.07) is 3.55. The highest BCUT2D eigenvalue weighted by Crippen LogP contribution is 2.10. The van der Waals surface area contributed by atoms with Crippen molar-refractivity contribution in [2.45, 2.75) is 13.5 Å². The summed E-state index contributed by atoms with van der Waals surface area (Å²) in [4.78, 5) is 29.2. The SMILES string of the molecule is Cc1cn(Cc2cccnc2NN)c(=O)[nH]c1=O. The minimum atomic E-state index is -0.461. The number of anilines is 1. The minimum Gasteiger partial charge on any atom is -0.308 e. The lowest BCUT2D eigenvalue weighted by Gasteiger charge is -2.09. The van der Waals surface area contributed by atoms with E-state index in [2.05, 4.69) is 15.4 Å². The number of nitrogens with two attached hydrogens (primary N) is 1. The van der Waals surface area contributed by atoms with Crippen LogP contribution in [0.25, 0.3) is 0 Å². The third-order valence-corrected chi connectivity index (χ3v) is 2.56. The van der Waals surface area contributed by atoms with Crippen molar-refractivity contribution in [3.8, 4) is 0 Å². The maximum atomic E-state index is 11.6. The lowest BCUT2D eigenvalue weighted by Crippen LogP contribution is -2.31. The normalized spacial score (nSPS) is 10.3. The van der Waals surface area contributed by atoms with Gasteiger partial charge < -0.3 is 5.43 Å². The number of aryl methyl sites for hydroxylation is 1. The molecule has 0 aromatic carbocycles. The molecule has 0 aliphatic carbocycles. The number of hydrogen-bond acceptors (Lipinski definition) is 5. The fourth-order valence-corrected chi connectivity index (χ4v) is 1.62. The number of rotatable bonds is 3. The quantitative estimate of drug-likeness (QED) is 0.504. The lowest BCUT2D eigenvalue weighted by atomic mass is 10.2. The predicted octanol–water partition coefficient (Wildman–Crippen LogP) is -0.426. The Hall–Kier alpha value is -2.41. The van der Waals surface area contributed by atoms with Gasteiger partial charge in [0.2, 0.25) is 0 Å². The van der Waals surface area contributed by atoms with Crippen molar-refractivity contribution >= 4 is 5.82 Å². The molecule has 0 aliphatic rings. The van der Waals surface area contributed by atoms with E-state index < -0.39 is 5.69 Å². The van der Waals surface area contributed by atoms with Crippen molar-refractivity contribution in [2.75, 3.05) is 5.43 Å². The predicted molar refractivity (Wildman–Crippen MR) is 67.2 cm³/mol. The van der Waals surface area contributed by atoms with Gasteiger partial charge in [-0.1, -0.05) is 6.07 Å². The smallest absolute Gasteiger partial charge is 0.308 e. The molecular weight excluding hydrogens is 234 g/mol. The van der Waals surface area contributed by atoms with Gasteiger partial charge in [0, 0.05) is 23.5 Å². The van der Waals surface area contributed by atoms with Crippen LogP contribution in [0.15, 0.2) is 34.1 Å². The maximum Gasteiger partial charge on any atom is 0.328 e. The second-order valence-electron chi connectivity index (χ2n) is 3.85. The maximum absolute atomic E-state index is 11.6. The summed E-state index contributed by atoms with van der Waals surface area (Å²) < 4.78 is 1.40. The van der Waals surface area contributed by atoms with Gasteiger partial charge in [-0.15, -0.1) is 0 Å². The zero-order valence-electron chi connectivity index (χ0n) is 9.80. The average Bonchev–Trinajstić information content (AvgIpc) is 2.36. The Morgan fingerprint density at radius 2 is 2.28 bits per heavy atom. The molecule has 18 heavy (non-hydrogen) atoms. The Bertz CT molecular complexity index is 674. The summed E-state index contributed by atoms with van der Waals surface area (Å²) in [6.07, 6.45) is 3.11. The van der Waals surface area contributed by atoms with E-state index in [1.807, 2.05) is 0 Å². The van der Waals surface area contributed by atoms with Gasteiger partial charge in [-0.3, -0.25) is 14.3 Å². The van der Waals surface area contributed by atoms with Gasteiger partial charge in [-0.05, 0) is 13.0 Å². The van der Waals surface area contributed by atoms with E-state index in [0.29, 0.717) is 11.4 Å². The van der Waals surface area contributed by atoms with Crippen LogP contribution in [0.1, 0.15) is 11.1 Å². The highest BCUT2D eigenvalue weighted by atomic mass is 16.2. The largest absolute Gasteiger partial charge is 0.328 e. The third-order valence-electron chi connectivity index (χ3n) is 2.56. The number of H-pyrrole nitrogens is 1. The highest BCUT2D eigenvalue weighted by molar-refractivity contribution is 5.42. The fourth-order valence-electron chi connectivity index (χ4n) is 1.62. The standard InChI is InChI=1S/C11H13N5O2/c1-7-5-16(11(18)14-10(7)17)6-8-3-2-4-13-9(8)15-12/h2-5H,6,12H2,1H3,(H,13,15)(H,14,17,18). The van der Waals surface area contributed by atoms with Gasteiger partial charge in [0.15, 0.2) is 0 Å². The molecule has 0 aliphatic heterocycles. The van der Waals surface area contributed by atoms with E-state index >= 15 is 0 Å². The molecule has 0 unspecified atom stereocenters. The molecule has 0 amide bonds. The second-order valence-corrected chi connectivity index (χ2v) is 3.85. The monoisotopic (exact) mass is 247 g/mol. The molecule has 2 rings (SSSR count). The number of nitrogen functional groups attached to an aromatic ring is 1. The molecule has 0 saturated carbocycles. The first-order valence-corrected chi connectivity index (χ1v) is 5.32. The van der Waals surface area contributed by atoms with Crippen LogP contribution in [0.5, 0.6) is 0 Å². The molecule has 0 radical (unpaired) electrons. The van der Waals surface area contributed by atoms with Gasteiger partial charge >= 0.3 is 5.69 Å². The topological polar surface area (TPSA) is 106 Å². The Morgan fingerprint density at radius 3 is 3.00 bits per heavy atom. The number of nitrogens with zero attached hydrogens (tertiary/aromatic N) is 2. The zero-order valence-corrected chi connectivity index (χ0v) is 9.80. The van der Waals surface area contributed by atoms with Gasteiger partial charge in [0.25, 0.3) is 5.56 Å². The molecule has 2 aromatic rings. The minimum absolute atomic E-state index is 0.282. The van der Waals surface area contributed by atoms with Crippen molar-refractivity contribution in [1.82, 2.24) is 14.5 Å². The van der Waals surface area contributed by atoms with Crippen LogP contribution in [0.2, 0.25) is 0 Å². The van der Waals surface area contributed by atoms with Gasteiger partial charge in [-0.2, -0.15) is 0 Å². The summed E-state index contributed by atoms with van der Waals surface area (Å²) in [7, 11) is 0.